The number of furan rings is 1. The highest BCUT2D eigenvalue weighted by molar-refractivity contribution is 6.17. The molecule has 10 aromatic rings. The maximum absolute atomic E-state index is 10.6. The second kappa shape index (κ2) is 10.2. The van der Waals surface area contributed by atoms with Crippen LogP contribution in [-0.4, -0.2) is 9.13 Å². The lowest BCUT2D eigenvalue weighted by atomic mass is 9.97. The van der Waals surface area contributed by atoms with E-state index < -0.39 is 0 Å². The third kappa shape index (κ3) is 3.85. The van der Waals surface area contributed by atoms with E-state index >= 15 is 0 Å². The maximum Gasteiger partial charge on any atom is 0.137 e. The Morgan fingerprint density at radius 2 is 1.08 bits per heavy atom. The first-order valence-corrected chi connectivity index (χ1v) is 16.1. The molecule has 5 heteroatoms. The van der Waals surface area contributed by atoms with Crippen LogP contribution in [0.15, 0.2) is 150 Å². The van der Waals surface area contributed by atoms with Gasteiger partial charge in [0.25, 0.3) is 0 Å². The fourth-order valence-electron chi connectivity index (χ4n) is 7.70. The molecule has 0 bridgehead atoms. The van der Waals surface area contributed by atoms with Gasteiger partial charge in [0.1, 0.15) is 17.2 Å². The summed E-state index contributed by atoms with van der Waals surface area (Å²) in [7, 11) is 0. The molecule has 0 fully saturated rings. The molecule has 0 aliphatic rings. The molecule has 3 heterocycles. The minimum absolute atomic E-state index is 0.533. The number of aromatic nitrogens is 2. The van der Waals surface area contributed by atoms with Crippen LogP contribution in [0.25, 0.3) is 88.1 Å². The van der Waals surface area contributed by atoms with Crippen molar-refractivity contribution in [2.24, 2.45) is 0 Å². The third-order valence-electron chi connectivity index (χ3n) is 9.75. The highest BCUT2D eigenvalue weighted by Gasteiger charge is 2.22. The number of nitriles is 2. The SMILES string of the molecule is N#Cc1cc(-c2cccc(C#N)c2-n2c3ccccc3c3cc4c(cc32)oc2ccccc24)cc(-n2c3ccccc3c3ccccc32)c1. The number of hydrogen-bond donors (Lipinski definition) is 0. The van der Waals surface area contributed by atoms with E-state index in [0.717, 1.165) is 88.1 Å². The number of nitrogens with zero attached hydrogens (tertiary/aromatic N) is 4. The average molecular weight is 625 g/mol. The van der Waals surface area contributed by atoms with E-state index in [9.17, 15) is 10.5 Å². The van der Waals surface area contributed by atoms with E-state index in [4.69, 9.17) is 4.42 Å². The molecular formula is C44H24N4O. The first kappa shape index (κ1) is 27.1. The van der Waals surface area contributed by atoms with Crippen molar-refractivity contribution in [1.82, 2.24) is 9.13 Å². The fraction of sp³-hybridized carbons (Fsp3) is 0. The summed E-state index contributed by atoms with van der Waals surface area (Å²) >= 11 is 0. The lowest BCUT2D eigenvalue weighted by molar-refractivity contribution is 0.669. The van der Waals surface area contributed by atoms with E-state index in [1.165, 1.54) is 0 Å². The van der Waals surface area contributed by atoms with Crippen LogP contribution in [0.3, 0.4) is 0 Å². The highest BCUT2D eigenvalue weighted by Crippen LogP contribution is 2.42. The van der Waals surface area contributed by atoms with Crippen LogP contribution in [0.1, 0.15) is 11.1 Å². The predicted molar refractivity (Wildman–Crippen MR) is 197 cm³/mol. The van der Waals surface area contributed by atoms with E-state index in [0.29, 0.717) is 11.1 Å². The lowest BCUT2D eigenvalue weighted by Gasteiger charge is -2.17. The largest absolute Gasteiger partial charge is 0.456 e. The Morgan fingerprint density at radius 1 is 0.449 bits per heavy atom. The molecule has 0 atom stereocenters. The van der Waals surface area contributed by atoms with Crippen LogP contribution in [0.2, 0.25) is 0 Å². The second-order valence-electron chi connectivity index (χ2n) is 12.4. The molecule has 0 saturated carbocycles. The zero-order valence-electron chi connectivity index (χ0n) is 26.1. The Kier molecular flexibility index (Phi) is 5.64. The average Bonchev–Trinajstić information content (AvgIpc) is 3.80. The fourth-order valence-corrected chi connectivity index (χ4v) is 7.70. The molecular weight excluding hydrogens is 601 g/mol. The molecule has 0 unspecified atom stereocenters. The van der Waals surface area contributed by atoms with Crippen LogP contribution < -0.4 is 0 Å². The summed E-state index contributed by atoms with van der Waals surface area (Å²) in [5.74, 6) is 0. The number of benzene rings is 7. The summed E-state index contributed by atoms with van der Waals surface area (Å²) < 4.78 is 10.8. The van der Waals surface area contributed by atoms with Crippen LogP contribution in [0.5, 0.6) is 0 Å². The molecule has 226 valence electrons. The Labute approximate surface area is 280 Å². The van der Waals surface area contributed by atoms with Crippen molar-refractivity contribution in [1.29, 1.82) is 10.5 Å². The highest BCUT2D eigenvalue weighted by atomic mass is 16.3. The standard InChI is InChI=1S/C44H24N4O/c45-25-27-20-29(22-30(21-27)47-38-16-5-1-11-32(38)33-12-2-6-17-39(33)47)31-15-9-10-28(26-46)44(31)48-40-18-7-3-13-34(40)36-23-37-35-14-4-8-19-42(35)49-43(37)24-41(36)48/h1-24H. The van der Waals surface area contributed by atoms with Gasteiger partial charge in [0.2, 0.25) is 0 Å². The van der Waals surface area contributed by atoms with E-state index in [-0.39, 0.29) is 0 Å². The lowest BCUT2D eigenvalue weighted by Crippen LogP contribution is -2.02. The van der Waals surface area contributed by atoms with E-state index in [1.54, 1.807) is 0 Å². The van der Waals surface area contributed by atoms with Gasteiger partial charge in [0.05, 0.1) is 45.0 Å². The number of hydrogen-bond acceptors (Lipinski definition) is 3. The Hall–Kier alpha value is -7.08. The van der Waals surface area contributed by atoms with Gasteiger partial charge < -0.3 is 13.6 Å². The molecule has 7 aromatic carbocycles. The zero-order chi connectivity index (χ0) is 32.6. The molecule has 0 radical (unpaired) electrons. The van der Waals surface area contributed by atoms with Crippen molar-refractivity contribution in [3.05, 3.63) is 157 Å². The molecule has 0 amide bonds. The first-order valence-electron chi connectivity index (χ1n) is 16.1. The molecule has 0 aliphatic heterocycles. The van der Waals surface area contributed by atoms with Crippen LogP contribution in [0, 0.1) is 22.7 Å². The number of para-hydroxylation sites is 5. The Morgan fingerprint density at radius 3 is 1.78 bits per heavy atom. The Balaban J connectivity index is 1.30. The van der Waals surface area contributed by atoms with E-state index in [1.807, 2.05) is 66.7 Å². The van der Waals surface area contributed by atoms with Crippen LogP contribution >= 0.6 is 0 Å². The zero-order valence-corrected chi connectivity index (χ0v) is 26.1. The topological polar surface area (TPSA) is 70.6 Å². The van der Waals surface area contributed by atoms with Crippen molar-refractivity contribution in [3.63, 3.8) is 0 Å². The molecule has 0 aliphatic carbocycles. The minimum Gasteiger partial charge on any atom is -0.456 e. The molecule has 0 N–H and O–H groups in total. The van der Waals surface area contributed by atoms with Gasteiger partial charge in [-0.1, -0.05) is 84.9 Å². The summed E-state index contributed by atoms with van der Waals surface area (Å²) in [5.41, 5.74) is 10.1. The maximum atomic E-state index is 10.6. The van der Waals surface area contributed by atoms with Crippen LogP contribution in [0.4, 0.5) is 0 Å². The van der Waals surface area contributed by atoms with Crippen molar-refractivity contribution < 1.29 is 4.42 Å². The summed E-state index contributed by atoms with van der Waals surface area (Å²) in [5, 5.41) is 27.5. The van der Waals surface area contributed by atoms with Gasteiger partial charge in [0, 0.05) is 49.6 Å². The van der Waals surface area contributed by atoms with Gasteiger partial charge in [0.15, 0.2) is 0 Å². The molecule has 5 nitrogen and oxygen atoms in total. The molecule has 0 saturated heterocycles. The minimum atomic E-state index is 0.533. The first-order chi connectivity index (χ1) is 24.2. The van der Waals surface area contributed by atoms with Crippen molar-refractivity contribution in [3.8, 4) is 34.6 Å². The molecule has 0 spiro atoms. The van der Waals surface area contributed by atoms with Gasteiger partial charge in [-0.3, -0.25) is 0 Å². The van der Waals surface area contributed by atoms with Gasteiger partial charge in [-0.15, -0.1) is 0 Å². The predicted octanol–water partition coefficient (Wildman–Crippen LogP) is 11.2. The van der Waals surface area contributed by atoms with Crippen LogP contribution in [-0.2, 0) is 0 Å². The molecule has 10 rings (SSSR count). The van der Waals surface area contributed by atoms with Gasteiger partial charge in [-0.05, 0) is 60.2 Å². The number of rotatable bonds is 3. The summed E-state index contributed by atoms with van der Waals surface area (Å²) in [4.78, 5) is 0. The van der Waals surface area contributed by atoms with Gasteiger partial charge >= 0.3 is 0 Å². The quantitative estimate of drug-likeness (QED) is 0.196. The Bertz CT molecular complexity index is 3030. The number of fused-ring (bicyclic) bond motifs is 9. The van der Waals surface area contributed by atoms with Gasteiger partial charge in [-0.25, -0.2) is 0 Å². The third-order valence-corrected chi connectivity index (χ3v) is 9.75. The van der Waals surface area contributed by atoms with Crippen molar-refractivity contribution in [2.75, 3.05) is 0 Å². The summed E-state index contributed by atoms with van der Waals surface area (Å²) in [6.45, 7) is 0. The van der Waals surface area contributed by atoms with Crippen molar-refractivity contribution in [2.45, 2.75) is 0 Å². The van der Waals surface area contributed by atoms with E-state index in [2.05, 4.69) is 100 Å². The normalized spacial score (nSPS) is 11.6. The van der Waals surface area contributed by atoms with Crippen molar-refractivity contribution >= 4 is 65.6 Å². The summed E-state index contributed by atoms with van der Waals surface area (Å²) in [6.07, 6.45) is 0. The smallest absolute Gasteiger partial charge is 0.137 e. The monoisotopic (exact) mass is 624 g/mol. The second-order valence-corrected chi connectivity index (χ2v) is 12.4. The molecule has 49 heavy (non-hydrogen) atoms. The summed E-state index contributed by atoms with van der Waals surface area (Å²) in [6, 6.07) is 54.1. The molecule has 3 aromatic heterocycles. The van der Waals surface area contributed by atoms with Gasteiger partial charge in [-0.2, -0.15) is 10.5 Å².